The number of pyridine rings is 1. The summed E-state index contributed by atoms with van der Waals surface area (Å²) in [5.41, 5.74) is 2.06. The van der Waals surface area contributed by atoms with Crippen molar-refractivity contribution in [3.05, 3.63) is 99.6 Å². The van der Waals surface area contributed by atoms with Gasteiger partial charge in [0.25, 0.3) is 5.91 Å². The molecule has 0 saturated heterocycles. The van der Waals surface area contributed by atoms with E-state index in [9.17, 15) is 4.79 Å². The van der Waals surface area contributed by atoms with Crippen LogP contribution in [0.15, 0.2) is 77.9 Å². The molecule has 1 aromatic heterocycles. The fourth-order valence-corrected chi connectivity index (χ4v) is 2.85. The average molecular weight is 357 g/mol. The van der Waals surface area contributed by atoms with E-state index in [1.54, 1.807) is 24.3 Å². The molecular formula is C19H14Cl2N2O. The van der Waals surface area contributed by atoms with Crippen molar-refractivity contribution in [1.29, 1.82) is 0 Å². The van der Waals surface area contributed by atoms with Gasteiger partial charge in [0.05, 0.1) is 0 Å². The van der Waals surface area contributed by atoms with Crippen molar-refractivity contribution in [2.45, 2.75) is 6.54 Å². The van der Waals surface area contributed by atoms with Crippen molar-refractivity contribution in [2.24, 2.45) is 4.99 Å². The summed E-state index contributed by atoms with van der Waals surface area (Å²) in [4.78, 5) is 16.6. The van der Waals surface area contributed by atoms with Crippen LogP contribution in [0.3, 0.4) is 0 Å². The molecule has 0 aliphatic heterocycles. The number of carbonyl (C=O) groups is 1. The molecule has 1 amide bonds. The molecule has 3 aromatic rings. The second kappa shape index (κ2) is 7.47. The first-order valence-electron chi connectivity index (χ1n) is 7.36. The predicted molar refractivity (Wildman–Crippen MR) is 96.3 cm³/mol. The Balaban J connectivity index is 1.96. The summed E-state index contributed by atoms with van der Waals surface area (Å²) in [5, 5.41) is 0.817. The van der Waals surface area contributed by atoms with E-state index in [4.69, 9.17) is 23.2 Å². The van der Waals surface area contributed by atoms with Gasteiger partial charge in [-0.1, -0.05) is 59.6 Å². The Bertz CT molecular complexity index is 913. The van der Waals surface area contributed by atoms with E-state index in [1.807, 2.05) is 53.2 Å². The Morgan fingerprint density at radius 3 is 2.29 bits per heavy atom. The highest BCUT2D eigenvalue weighted by atomic mass is 35.5. The van der Waals surface area contributed by atoms with Crippen LogP contribution in [0.25, 0.3) is 0 Å². The number of benzene rings is 2. The summed E-state index contributed by atoms with van der Waals surface area (Å²) in [6, 6.07) is 20.2. The maximum atomic E-state index is 12.4. The maximum Gasteiger partial charge on any atom is 0.279 e. The van der Waals surface area contributed by atoms with Gasteiger partial charge in [-0.25, -0.2) is 0 Å². The van der Waals surface area contributed by atoms with Crippen molar-refractivity contribution in [3.63, 3.8) is 0 Å². The number of hydrogen-bond donors (Lipinski definition) is 0. The number of nitrogens with zero attached hydrogens (tertiary/aromatic N) is 2. The van der Waals surface area contributed by atoms with Gasteiger partial charge in [-0.3, -0.25) is 4.79 Å². The van der Waals surface area contributed by atoms with E-state index >= 15 is 0 Å². The largest absolute Gasteiger partial charge is 0.328 e. The van der Waals surface area contributed by atoms with Crippen LogP contribution in [-0.2, 0) is 6.54 Å². The molecular weight excluding hydrogens is 343 g/mol. The highest BCUT2D eigenvalue weighted by Crippen LogP contribution is 2.19. The lowest BCUT2D eigenvalue weighted by Gasteiger charge is -2.07. The monoisotopic (exact) mass is 356 g/mol. The Kier molecular flexibility index (Phi) is 5.14. The van der Waals surface area contributed by atoms with Crippen LogP contribution in [0.2, 0.25) is 10.0 Å². The Hall–Kier alpha value is -2.36. The number of carbonyl (C=O) groups excluding carboxylic acids is 1. The van der Waals surface area contributed by atoms with Gasteiger partial charge in [0, 0.05) is 28.4 Å². The minimum absolute atomic E-state index is 0.364. The lowest BCUT2D eigenvalue weighted by atomic mass is 10.2. The Morgan fingerprint density at radius 1 is 0.917 bits per heavy atom. The van der Waals surface area contributed by atoms with Gasteiger partial charge < -0.3 is 4.57 Å². The number of hydrogen-bond acceptors (Lipinski definition) is 1. The Morgan fingerprint density at radius 2 is 1.58 bits per heavy atom. The van der Waals surface area contributed by atoms with Crippen LogP contribution in [0, 0.1) is 0 Å². The van der Waals surface area contributed by atoms with Crippen molar-refractivity contribution >= 4 is 29.1 Å². The quantitative estimate of drug-likeness (QED) is 0.675. The van der Waals surface area contributed by atoms with Gasteiger partial charge in [0.1, 0.15) is 5.49 Å². The minimum atomic E-state index is -0.382. The van der Waals surface area contributed by atoms with Crippen LogP contribution in [0.1, 0.15) is 15.9 Å². The smallest absolute Gasteiger partial charge is 0.279 e. The van der Waals surface area contributed by atoms with Crippen LogP contribution in [0.5, 0.6) is 0 Å². The summed E-state index contributed by atoms with van der Waals surface area (Å²) in [6.45, 7) is 0.629. The SMILES string of the molecule is O=C(N=c1ccccn1Cc1ccccc1)c1cc(Cl)cc(Cl)c1. The third-order valence-electron chi connectivity index (χ3n) is 3.44. The number of aromatic nitrogens is 1. The van der Waals surface area contributed by atoms with Gasteiger partial charge in [-0.05, 0) is 35.9 Å². The third-order valence-corrected chi connectivity index (χ3v) is 3.87. The first kappa shape index (κ1) is 16.5. The van der Waals surface area contributed by atoms with Gasteiger partial charge in [-0.15, -0.1) is 0 Å². The van der Waals surface area contributed by atoms with E-state index in [1.165, 1.54) is 0 Å². The molecule has 0 spiro atoms. The molecule has 0 saturated carbocycles. The first-order valence-corrected chi connectivity index (χ1v) is 8.12. The minimum Gasteiger partial charge on any atom is -0.328 e. The molecule has 5 heteroatoms. The molecule has 0 atom stereocenters. The standard InChI is InChI=1S/C19H14Cl2N2O/c20-16-10-15(11-17(21)12-16)19(24)22-18-8-4-5-9-23(18)13-14-6-2-1-3-7-14/h1-12H,13H2. The zero-order valence-corrected chi connectivity index (χ0v) is 14.2. The highest BCUT2D eigenvalue weighted by molar-refractivity contribution is 6.35. The van der Waals surface area contributed by atoms with Crippen molar-refractivity contribution in [1.82, 2.24) is 4.57 Å². The van der Waals surface area contributed by atoms with Gasteiger partial charge in [0.15, 0.2) is 0 Å². The first-order chi connectivity index (χ1) is 11.6. The zero-order chi connectivity index (χ0) is 16.9. The highest BCUT2D eigenvalue weighted by Gasteiger charge is 2.07. The van der Waals surface area contributed by atoms with Crippen LogP contribution >= 0.6 is 23.2 Å². The molecule has 0 radical (unpaired) electrons. The molecule has 1 heterocycles. The molecule has 120 valence electrons. The molecule has 24 heavy (non-hydrogen) atoms. The molecule has 0 bridgehead atoms. The molecule has 0 aliphatic carbocycles. The lowest BCUT2D eigenvalue weighted by molar-refractivity contribution is 0.0997. The Labute approximate surface area is 149 Å². The molecule has 0 fully saturated rings. The number of halogens is 2. The fraction of sp³-hybridized carbons (Fsp3) is 0.0526. The summed E-state index contributed by atoms with van der Waals surface area (Å²) in [5.74, 6) is -0.382. The summed E-state index contributed by atoms with van der Waals surface area (Å²) < 4.78 is 1.92. The number of amides is 1. The molecule has 0 unspecified atom stereocenters. The summed E-state index contributed by atoms with van der Waals surface area (Å²) >= 11 is 11.9. The van der Waals surface area contributed by atoms with Crippen molar-refractivity contribution in [3.8, 4) is 0 Å². The van der Waals surface area contributed by atoms with E-state index in [-0.39, 0.29) is 5.91 Å². The van der Waals surface area contributed by atoms with E-state index < -0.39 is 0 Å². The second-order valence-corrected chi connectivity index (χ2v) is 6.12. The molecule has 2 aromatic carbocycles. The van der Waals surface area contributed by atoms with Crippen molar-refractivity contribution < 1.29 is 4.79 Å². The van der Waals surface area contributed by atoms with Crippen LogP contribution in [-0.4, -0.2) is 10.5 Å². The van der Waals surface area contributed by atoms with Gasteiger partial charge in [-0.2, -0.15) is 4.99 Å². The maximum absolute atomic E-state index is 12.4. The van der Waals surface area contributed by atoms with E-state index in [0.29, 0.717) is 27.6 Å². The second-order valence-electron chi connectivity index (χ2n) is 5.25. The van der Waals surface area contributed by atoms with Crippen LogP contribution < -0.4 is 5.49 Å². The number of rotatable bonds is 3. The fourth-order valence-electron chi connectivity index (χ4n) is 2.33. The average Bonchev–Trinajstić information content (AvgIpc) is 2.56. The summed E-state index contributed by atoms with van der Waals surface area (Å²) in [7, 11) is 0. The molecule has 0 aliphatic rings. The van der Waals surface area contributed by atoms with Gasteiger partial charge in [0.2, 0.25) is 0 Å². The van der Waals surface area contributed by atoms with Crippen LogP contribution in [0.4, 0.5) is 0 Å². The third kappa shape index (κ3) is 4.13. The molecule has 3 nitrogen and oxygen atoms in total. The van der Waals surface area contributed by atoms with E-state index in [2.05, 4.69) is 4.99 Å². The topological polar surface area (TPSA) is 34.4 Å². The van der Waals surface area contributed by atoms with Crippen molar-refractivity contribution in [2.75, 3.05) is 0 Å². The zero-order valence-electron chi connectivity index (χ0n) is 12.7. The van der Waals surface area contributed by atoms with E-state index in [0.717, 1.165) is 5.56 Å². The molecule has 3 rings (SSSR count). The van der Waals surface area contributed by atoms with Gasteiger partial charge >= 0.3 is 0 Å². The molecule has 0 N–H and O–H groups in total. The lowest BCUT2D eigenvalue weighted by Crippen LogP contribution is -2.22. The normalized spacial score (nSPS) is 11.5. The predicted octanol–water partition coefficient (Wildman–Crippen LogP) is 4.58. The summed E-state index contributed by atoms with van der Waals surface area (Å²) in [6.07, 6.45) is 1.89.